The smallest absolute Gasteiger partial charge is 0.220 e. The van der Waals surface area contributed by atoms with Gasteiger partial charge in [-0.25, -0.2) is 0 Å². The van der Waals surface area contributed by atoms with Crippen LogP contribution in [0.2, 0.25) is 0 Å². The Bertz CT molecular complexity index is 184. The molecule has 0 aromatic carbocycles. The number of nitrogens with one attached hydrogen (secondary N) is 2. The van der Waals surface area contributed by atoms with Crippen molar-refractivity contribution in [1.29, 1.82) is 0 Å². The van der Waals surface area contributed by atoms with Gasteiger partial charge in [-0.05, 0) is 39.7 Å². The standard InChI is InChI=1S/C10H20N2O/c1-10(2,3)12-7-8-4-5-11-9(13)6-8/h8,12H,4-7H2,1-3H3,(H,11,13). The molecule has 0 radical (unpaired) electrons. The Labute approximate surface area is 80.3 Å². The van der Waals surface area contributed by atoms with Crippen LogP contribution in [0, 0.1) is 5.92 Å². The third-order valence-corrected chi connectivity index (χ3v) is 2.27. The molecule has 1 atom stereocenters. The van der Waals surface area contributed by atoms with Crippen molar-refractivity contribution in [3.63, 3.8) is 0 Å². The summed E-state index contributed by atoms with van der Waals surface area (Å²) in [6.45, 7) is 8.24. The maximum atomic E-state index is 11.1. The normalized spacial score (nSPS) is 24.2. The van der Waals surface area contributed by atoms with E-state index in [0.29, 0.717) is 12.3 Å². The van der Waals surface area contributed by atoms with Crippen molar-refractivity contribution in [2.24, 2.45) is 5.92 Å². The van der Waals surface area contributed by atoms with Crippen LogP contribution in [0.3, 0.4) is 0 Å². The van der Waals surface area contributed by atoms with Gasteiger partial charge in [0.05, 0.1) is 0 Å². The van der Waals surface area contributed by atoms with E-state index in [1.165, 1.54) is 0 Å². The molecular weight excluding hydrogens is 164 g/mol. The Balaban J connectivity index is 2.25. The summed E-state index contributed by atoms with van der Waals surface area (Å²) in [4.78, 5) is 11.1. The molecular formula is C10H20N2O. The zero-order valence-corrected chi connectivity index (χ0v) is 8.81. The zero-order valence-electron chi connectivity index (χ0n) is 8.81. The molecule has 1 heterocycles. The highest BCUT2D eigenvalue weighted by atomic mass is 16.1. The second-order valence-corrected chi connectivity index (χ2v) is 4.84. The van der Waals surface area contributed by atoms with E-state index in [4.69, 9.17) is 0 Å². The van der Waals surface area contributed by atoms with Crippen LogP contribution in [0.1, 0.15) is 33.6 Å². The van der Waals surface area contributed by atoms with Crippen molar-refractivity contribution in [3.05, 3.63) is 0 Å². The molecule has 13 heavy (non-hydrogen) atoms. The Morgan fingerprint density at radius 3 is 2.77 bits per heavy atom. The Morgan fingerprint density at radius 1 is 1.54 bits per heavy atom. The van der Waals surface area contributed by atoms with Gasteiger partial charge in [0.25, 0.3) is 0 Å². The maximum absolute atomic E-state index is 11.1. The maximum Gasteiger partial charge on any atom is 0.220 e. The lowest BCUT2D eigenvalue weighted by molar-refractivity contribution is -0.123. The van der Waals surface area contributed by atoms with E-state index in [9.17, 15) is 4.79 Å². The average Bonchev–Trinajstić information content (AvgIpc) is 2.00. The summed E-state index contributed by atoms with van der Waals surface area (Å²) in [6.07, 6.45) is 1.79. The van der Waals surface area contributed by atoms with E-state index in [1.54, 1.807) is 0 Å². The number of carbonyl (C=O) groups excluding carboxylic acids is 1. The summed E-state index contributed by atoms with van der Waals surface area (Å²) in [5, 5.41) is 6.27. The molecule has 2 N–H and O–H groups in total. The molecule has 1 unspecified atom stereocenters. The highest BCUT2D eigenvalue weighted by molar-refractivity contribution is 5.76. The summed E-state index contributed by atoms with van der Waals surface area (Å²) in [7, 11) is 0. The fourth-order valence-electron chi connectivity index (χ4n) is 1.48. The molecule has 0 aromatic rings. The first-order valence-electron chi connectivity index (χ1n) is 4.99. The van der Waals surface area contributed by atoms with Crippen molar-refractivity contribution < 1.29 is 4.79 Å². The molecule has 1 aliphatic rings. The molecule has 0 aromatic heterocycles. The number of amides is 1. The summed E-state index contributed by atoms with van der Waals surface area (Å²) in [5.74, 6) is 0.722. The second kappa shape index (κ2) is 4.09. The van der Waals surface area contributed by atoms with Crippen molar-refractivity contribution in [2.75, 3.05) is 13.1 Å². The predicted octanol–water partition coefficient (Wildman–Crippen LogP) is 0.901. The van der Waals surface area contributed by atoms with Crippen LogP contribution < -0.4 is 10.6 Å². The van der Waals surface area contributed by atoms with E-state index < -0.39 is 0 Å². The molecule has 76 valence electrons. The van der Waals surface area contributed by atoms with E-state index in [-0.39, 0.29) is 11.4 Å². The minimum Gasteiger partial charge on any atom is -0.356 e. The first-order valence-corrected chi connectivity index (χ1v) is 4.99. The van der Waals surface area contributed by atoms with Crippen molar-refractivity contribution >= 4 is 5.91 Å². The number of rotatable bonds is 2. The fourth-order valence-corrected chi connectivity index (χ4v) is 1.48. The number of hydrogen-bond acceptors (Lipinski definition) is 2. The highest BCUT2D eigenvalue weighted by Gasteiger charge is 2.20. The van der Waals surface area contributed by atoms with Gasteiger partial charge >= 0.3 is 0 Å². The molecule has 3 nitrogen and oxygen atoms in total. The SMILES string of the molecule is CC(C)(C)NCC1CCNC(=O)C1. The quantitative estimate of drug-likeness (QED) is 0.669. The van der Waals surface area contributed by atoms with Crippen molar-refractivity contribution in [3.8, 4) is 0 Å². The summed E-state index contributed by atoms with van der Waals surface area (Å²) in [5.41, 5.74) is 0.161. The number of piperidine rings is 1. The van der Waals surface area contributed by atoms with Gasteiger partial charge in [-0.15, -0.1) is 0 Å². The zero-order chi connectivity index (χ0) is 9.90. The third kappa shape index (κ3) is 4.27. The second-order valence-electron chi connectivity index (χ2n) is 4.84. The predicted molar refractivity (Wildman–Crippen MR) is 53.5 cm³/mol. The minimum atomic E-state index is 0.161. The Hall–Kier alpha value is -0.570. The van der Waals surface area contributed by atoms with Crippen LogP contribution >= 0.6 is 0 Å². The van der Waals surface area contributed by atoms with Gasteiger partial charge in [-0.3, -0.25) is 4.79 Å². The fraction of sp³-hybridized carbons (Fsp3) is 0.900. The molecule has 3 heteroatoms. The minimum absolute atomic E-state index is 0.161. The van der Waals surface area contributed by atoms with Gasteiger partial charge in [-0.2, -0.15) is 0 Å². The molecule has 1 amide bonds. The van der Waals surface area contributed by atoms with Gasteiger partial charge in [0.1, 0.15) is 0 Å². The van der Waals surface area contributed by atoms with Crippen LogP contribution in [0.25, 0.3) is 0 Å². The lowest BCUT2D eigenvalue weighted by Crippen LogP contribution is -2.43. The van der Waals surface area contributed by atoms with Gasteiger partial charge < -0.3 is 10.6 Å². The molecule has 1 saturated heterocycles. The van der Waals surface area contributed by atoms with Crippen molar-refractivity contribution in [2.45, 2.75) is 39.2 Å². The summed E-state index contributed by atoms with van der Waals surface area (Å²) >= 11 is 0. The summed E-state index contributed by atoms with van der Waals surface area (Å²) in [6, 6.07) is 0. The first-order chi connectivity index (χ1) is 5.97. The molecule has 0 spiro atoms. The molecule has 0 aliphatic carbocycles. The third-order valence-electron chi connectivity index (χ3n) is 2.27. The molecule has 1 rings (SSSR count). The number of carbonyl (C=O) groups is 1. The van der Waals surface area contributed by atoms with E-state index in [0.717, 1.165) is 19.5 Å². The van der Waals surface area contributed by atoms with Gasteiger partial charge in [-0.1, -0.05) is 0 Å². The van der Waals surface area contributed by atoms with Gasteiger partial charge in [0.2, 0.25) is 5.91 Å². The van der Waals surface area contributed by atoms with Gasteiger partial charge in [0, 0.05) is 18.5 Å². The van der Waals surface area contributed by atoms with Crippen LogP contribution in [0.4, 0.5) is 0 Å². The molecule has 0 bridgehead atoms. The lowest BCUT2D eigenvalue weighted by Gasteiger charge is -2.27. The van der Waals surface area contributed by atoms with Gasteiger partial charge in [0.15, 0.2) is 0 Å². The van der Waals surface area contributed by atoms with E-state index >= 15 is 0 Å². The Morgan fingerprint density at radius 2 is 2.23 bits per heavy atom. The van der Waals surface area contributed by atoms with Crippen molar-refractivity contribution in [1.82, 2.24) is 10.6 Å². The largest absolute Gasteiger partial charge is 0.356 e. The molecule has 1 fully saturated rings. The van der Waals surface area contributed by atoms with Crippen LogP contribution in [0.5, 0.6) is 0 Å². The lowest BCUT2D eigenvalue weighted by atomic mass is 9.96. The van der Waals surface area contributed by atoms with Crippen LogP contribution in [-0.4, -0.2) is 24.5 Å². The number of hydrogen-bond donors (Lipinski definition) is 2. The van der Waals surface area contributed by atoms with Crippen LogP contribution in [-0.2, 0) is 4.79 Å². The first kappa shape index (κ1) is 10.5. The monoisotopic (exact) mass is 184 g/mol. The molecule has 1 aliphatic heterocycles. The topological polar surface area (TPSA) is 41.1 Å². The molecule has 0 saturated carbocycles. The van der Waals surface area contributed by atoms with E-state index in [1.807, 2.05) is 0 Å². The highest BCUT2D eigenvalue weighted by Crippen LogP contribution is 2.12. The summed E-state index contributed by atoms with van der Waals surface area (Å²) < 4.78 is 0. The average molecular weight is 184 g/mol. The van der Waals surface area contributed by atoms with E-state index in [2.05, 4.69) is 31.4 Å². The Kier molecular flexibility index (Phi) is 3.31. The van der Waals surface area contributed by atoms with Crippen LogP contribution in [0.15, 0.2) is 0 Å².